The predicted molar refractivity (Wildman–Crippen MR) is 105 cm³/mol. The number of carbonyl (C=O) groups is 1. The van der Waals surface area contributed by atoms with E-state index in [1.165, 1.54) is 24.3 Å². The Labute approximate surface area is 167 Å². The lowest BCUT2D eigenvalue weighted by molar-refractivity contribution is -0.131. The highest BCUT2D eigenvalue weighted by Crippen LogP contribution is 2.21. The topological polar surface area (TPSA) is 72.8 Å². The summed E-state index contributed by atoms with van der Waals surface area (Å²) >= 11 is 0. The molecule has 0 aliphatic carbocycles. The standard InChI is InChI=1S/C22H18FN3O3/c23-17-6-8-18(9-7-17)28-21-12-15(10-11-24-21)14-25-22(27)20-13-19(26-29-20)16-4-2-1-3-5-16/h1-12,20H,13-14H2,(H,25,27). The molecule has 1 atom stereocenters. The first kappa shape index (κ1) is 18.6. The molecule has 3 aromatic rings. The molecule has 2 heterocycles. The van der Waals surface area contributed by atoms with Gasteiger partial charge in [-0.3, -0.25) is 4.79 Å². The second kappa shape index (κ2) is 8.52. The second-order valence-electron chi connectivity index (χ2n) is 6.48. The molecular weight excluding hydrogens is 373 g/mol. The Kier molecular flexibility index (Phi) is 5.47. The molecule has 1 amide bonds. The maximum atomic E-state index is 13.0. The molecule has 1 aromatic heterocycles. The summed E-state index contributed by atoms with van der Waals surface area (Å²) in [4.78, 5) is 21.8. The first-order valence-corrected chi connectivity index (χ1v) is 9.11. The van der Waals surface area contributed by atoms with E-state index in [9.17, 15) is 9.18 Å². The van der Waals surface area contributed by atoms with Crippen LogP contribution in [0.3, 0.4) is 0 Å². The molecule has 0 bridgehead atoms. The number of rotatable bonds is 6. The number of hydrogen-bond donors (Lipinski definition) is 1. The summed E-state index contributed by atoms with van der Waals surface area (Å²) in [5, 5.41) is 6.87. The van der Waals surface area contributed by atoms with Crippen molar-refractivity contribution >= 4 is 11.6 Å². The van der Waals surface area contributed by atoms with E-state index in [0.29, 0.717) is 24.6 Å². The van der Waals surface area contributed by atoms with Crippen LogP contribution in [0.15, 0.2) is 78.1 Å². The molecule has 1 aliphatic heterocycles. The third-order valence-corrected chi connectivity index (χ3v) is 4.37. The number of nitrogens with zero attached hydrogens (tertiary/aromatic N) is 2. The number of carbonyl (C=O) groups excluding carboxylic acids is 1. The first-order chi connectivity index (χ1) is 14.2. The van der Waals surface area contributed by atoms with Crippen LogP contribution in [0.1, 0.15) is 17.5 Å². The number of nitrogens with one attached hydrogen (secondary N) is 1. The lowest BCUT2D eigenvalue weighted by Crippen LogP contribution is -2.34. The summed E-state index contributed by atoms with van der Waals surface area (Å²) < 4.78 is 18.6. The summed E-state index contributed by atoms with van der Waals surface area (Å²) in [7, 11) is 0. The Morgan fingerprint density at radius 1 is 1.14 bits per heavy atom. The van der Waals surface area contributed by atoms with E-state index in [1.807, 2.05) is 30.3 Å². The van der Waals surface area contributed by atoms with Gasteiger partial charge in [-0.05, 0) is 41.5 Å². The van der Waals surface area contributed by atoms with Crippen molar-refractivity contribution in [2.45, 2.75) is 19.1 Å². The first-order valence-electron chi connectivity index (χ1n) is 9.11. The molecule has 1 unspecified atom stereocenters. The lowest BCUT2D eigenvalue weighted by atomic mass is 10.0. The fourth-order valence-corrected chi connectivity index (χ4v) is 2.86. The van der Waals surface area contributed by atoms with Gasteiger partial charge in [0.1, 0.15) is 11.6 Å². The highest BCUT2D eigenvalue weighted by atomic mass is 19.1. The highest BCUT2D eigenvalue weighted by molar-refractivity contribution is 6.04. The van der Waals surface area contributed by atoms with Gasteiger partial charge < -0.3 is 14.9 Å². The Morgan fingerprint density at radius 3 is 2.72 bits per heavy atom. The fraction of sp³-hybridized carbons (Fsp3) is 0.136. The molecular formula is C22H18FN3O3. The van der Waals surface area contributed by atoms with E-state index in [-0.39, 0.29) is 11.7 Å². The molecule has 1 N–H and O–H groups in total. The molecule has 0 spiro atoms. The fourth-order valence-electron chi connectivity index (χ4n) is 2.86. The number of hydrogen-bond acceptors (Lipinski definition) is 5. The Morgan fingerprint density at radius 2 is 1.93 bits per heavy atom. The van der Waals surface area contributed by atoms with Crippen LogP contribution < -0.4 is 10.1 Å². The number of aromatic nitrogens is 1. The number of benzene rings is 2. The molecule has 0 saturated heterocycles. The van der Waals surface area contributed by atoms with Gasteiger partial charge in [0.2, 0.25) is 12.0 Å². The van der Waals surface area contributed by atoms with Gasteiger partial charge in [0.15, 0.2) is 0 Å². The van der Waals surface area contributed by atoms with Crippen LogP contribution in [0, 0.1) is 5.82 Å². The molecule has 2 aromatic carbocycles. The Bertz CT molecular complexity index is 1020. The molecule has 0 fully saturated rings. The number of halogens is 1. The lowest BCUT2D eigenvalue weighted by Gasteiger charge is -2.10. The second-order valence-corrected chi connectivity index (χ2v) is 6.48. The van der Waals surface area contributed by atoms with Crippen LogP contribution in [0.5, 0.6) is 11.6 Å². The Balaban J connectivity index is 1.31. The van der Waals surface area contributed by atoms with Crippen molar-refractivity contribution in [3.63, 3.8) is 0 Å². The average molecular weight is 391 g/mol. The van der Waals surface area contributed by atoms with E-state index in [0.717, 1.165) is 16.8 Å². The summed E-state index contributed by atoms with van der Waals surface area (Å²) in [5.74, 6) is 0.257. The van der Waals surface area contributed by atoms with Crippen molar-refractivity contribution in [3.05, 3.63) is 89.9 Å². The largest absolute Gasteiger partial charge is 0.439 e. The van der Waals surface area contributed by atoms with Crippen LogP contribution in [-0.4, -0.2) is 22.7 Å². The molecule has 146 valence electrons. The number of pyridine rings is 1. The summed E-state index contributed by atoms with van der Waals surface area (Å²) in [6.45, 7) is 0.293. The predicted octanol–water partition coefficient (Wildman–Crippen LogP) is 3.82. The third-order valence-electron chi connectivity index (χ3n) is 4.37. The van der Waals surface area contributed by atoms with Gasteiger partial charge in [-0.1, -0.05) is 35.5 Å². The van der Waals surface area contributed by atoms with E-state index in [2.05, 4.69) is 15.5 Å². The van der Waals surface area contributed by atoms with E-state index in [4.69, 9.17) is 9.57 Å². The highest BCUT2D eigenvalue weighted by Gasteiger charge is 2.28. The Hall–Kier alpha value is -3.74. The van der Waals surface area contributed by atoms with Gasteiger partial charge in [0.05, 0.1) is 5.71 Å². The maximum absolute atomic E-state index is 13.0. The minimum absolute atomic E-state index is 0.238. The van der Waals surface area contributed by atoms with Gasteiger partial charge in [-0.15, -0.1) is 0 Å². The van der Waals surface area contributed by atoms with Crippen LogP contribution in [-0.2, 0) is 16.2 Å². The summed E-state index contributed by atoms with van der Waals surface area (Å²) in [6, 6.07) is 18.8. The van der Waals surface area contributed by atoms with Gasteiger partial charge >= 0.3 is 0 Å². The molecule has 1 aliphatic rings. The SMILES string of the molecule is O=C(NCc1ccnc(Oc2ccc(F)cc2)c1)C1CC(c2ccccc2)=NO1. The van der Waals surface area contributed by atoms with Gasteiger partial charge in [0, 0.05) is 25.2 Å². The van der Waals surface area contributed by atoms with Crippen molar-refractivity contribution in [1.82, 2.24) is 10.3 Å². The maximum Gasteiger partial charge on any atom is 0.264 e. The smallest absolute Gasteiger partial charge is 0.264 e. The van der Waals surface area contributed by atoms with E-state index < -0.39 is 6.10 Å². The van der Waals surface area contributed by atoms with Crippen molar-refractivity contribution in [2.75, 3.05) is 0 Å². The van der Waals surface area contributed by atoms with Crippen molar-refractivity contribution < 1.29 is 18.8 Å². The van der Waals surface area contributed by atoms with Gasteiger partial charge in [0.25, 0.3) is 5.91 Å². The number of ether oxygens (including phenoxy) is 1. The van der Waals surface area contributed by atoms with Crippen LogP contribution in [0.25, 0.3) is 0 Å². The third kappa shape index (κ3) is 4.76. The van der Waals surface area contributed by atoms with Gasteiger partial charge in [-0.25, -0.2) is 9.37 Å². The minimum atomic E-state index is -0.651. The molecule has 0 saturated carbocycles. The quantitative estimate of drug-likeness (QED) is 0.693. The summed E-state index contributed by atoms with van der Waals surface area (Å²) in [6.07, 6.45) is 1.36. The van der Waals surface area contributed by atoms with Crippen molar-refractivity contribution in [2.24, 2.45) is 5.16 Å². The van der Waals surface area contributed by atoms with E-state index in [1.54, 1.807) is 18.3 Å². The zero-order chi connectivity index (χ0) is 20.1. The van der Waals surface area contributed by atoms with Crippen LogP contribution in [0.4, 0.5) is 4.39 Å². The zero-order valence-electron chi connectivity index (χ0n) is 15.4. The molecule has 29 heavy (non-hydrogen) atoms. The molecule has 7 heteroatoms. The molecule has 6 nitrogen and oxygen atoms in total. The molecule has 0 radical (unpaired) electrons. The monoisotopic (exact) mass is 391 g/mol. The molecule has 4 rings (SSSR count). The average Bonchev–Trinajstić information content (AvgIpc) is 3.25. The normalized spacial score (nSPS) is 15.3. The minimum Gasteiger partial charge on any atom is -0.439 e. The number of oxime groups is 1. The van der Waals surface area contributed by atoms with Crippen molar-refractivity contribution in [3.8, 4) is 11.6 Å². The van der Waals surface area contributed by atoms with Crippen LogP contribution in [0.2, 0.25) is 0 Å². The number of amides is 1. The van der Waals surface area contributed by atoms with Gasteiger partial charge in [-0.2, -0.15) is 0 Å². The summed E-state index contributed by atoms with van der Waals surface area (Å²) in [5.41, 5.74) is 2.51. The van der Waals surface area contributed by atoms with Crippen molar-refractivity contribution in [1.29, 1.82) is 0 Å². The van der Waals surface area contributed by atoms with Crippen LogP contribution >= 0.6 is 0 Å². The van der Waals surface area contributed by atoms with E-state index >= 15 is 0 Å². The zero-order valence-corrected chi connectivity index (χ0v) is 15.4.